The molecule has 1 aliphatic rings. The highest BCUT2D eigenvalue weighted by Gasteiger charge is 2.16. The van der Waals surface area contributed by atoms with Crippen LogP contribution in [0.15, 0.2) is 42.6 Å². The van der Waals surface area contributed by atoms with E-state index in [1.807, 2.05) is 37.4 Å². The van der Waals surface area contributed by atoms with Crippen molar-refractivity contribution in [2.75, 3.05) is 66.1 Å². The molecule has 0 amide bonds. The van der Waals surface area contributed by atoms with E-state index >= 15 is 0 Å². The van der Waals surface area contributed by atoms with Gasteiger partial charge in [0.05, 0.1) is 13.2 Å². The quantitative estimate of drug-likeness (QED) is 0.661. The lowest BCUT2D eigenvalue weighted by atomic mass is 10.3. The zero-order valence-electron chi connectivity index (χ0n) is 14.2. The molecule has 0 bridgehead atoms. The van der Waals surface area contributed by atoms with Crippen LogP contribution in [0.4, 0.5) is 0 Å². The van der Waals surface area contributed by atoms with Gasteiger partial charge in [-0.3, -0.25) is 9.80 Å². The molecule has 5 heteroatoms. The molecule has 128 valence electrons. The van der Waals surface area contributed by atoms with Gasteiger partial charge >= 0.3 is 0 Å². The molecule has 0 aromatic heterocycles. The van der Waals surface area contributed by atoms with Gasteiger partial charge in [-0.05, 0) is 12.1 Å². The summed E-state index contributed by atoms with van der Waals surface area (Å²) >= 11 is 0. The molecule has 0 atom stereocenters. The first-order valence-electron chi connectivity index (χ1n) is 8.34. The van der Waals surface area contributed by atoms with Crippen LogP contribution in [-0.4, -0.2) is 75.9 Å². The number of para-hydroxylation sites is 1. The van der Waals surface area contributed by atoms with Gasteiger partial charge in [-0.1, -0.05) is 24.8 Å². The van der Waals surface area contributed by atoms with E-state index in [0.717, 1.165) is 57.3 Å². The van der Waals surface area contributed by atoms with Gasteiger partial charge in [0.25, 0.3) is 0 Å². The molecule has 1 fully saturated rings. The zero-order valence-corrected chi connectivity index (χ0v) is 14.2. The highest BCUT2D eigenvalue weighted by Crippen LogP contribution is 2.07. The maximum absolute atomic E-state index is 5.66. The number of piperazine rings is 1. The Balaban J connectivity index is 1.47. The van der Waals surface area contributed by atoms with E-state index < -0.39 is 0 Å². The summed E-state index contributed by atoms with van der Waals surface area (Å²) in [6.07, 6.45) is 0. The maximum atomic E-state index is 5.66. The van der Waals surface area contributed by atoms with E-state index in [9.17, 15) is 0 Å². The van der Waals surface area contributed by atoms with Gasteiger partial charge in [0, 0.05) is 52.0 Å². The molecule has 1 N–H and O–H groups in total. The summed E-state index contributed by atoms with van der Waals surface area (Å²) in [5.74, 6) is 0.898. The highest BCUT2D eigenvalue weighted by atomic mass is 16.5. The number of rotatable bonds is 10. The Morgan fingerprint density at radius 1 is 1.04 bits per heavy atom. The molecule has 1 heterocycles. The van der Waals surface area contributed by atoms with Crippen molar-refractivity contribution in [3.8, 4) is 5.75 Å². The Labute approximate surface area is 139 Å². The Kier molecular flexibility index (Phi) is 7.93. The van der Waals surface area contributed by atoms with Gasteiger partial charge in [0.1, 0.15) is 12.4 Å². The van der Waals surface area contributed by atoms with Gasteiger partial charge in [0.2, 0.25) is 0 Å². The van der Waals surface area contributed by atoms with Crippen LogP contribution in [0.3, 0.4) is 0 Å². The second-order valence-electron chi connectivity index (χ2n) is 5.75. The second-order valence-corrected chi connectivity index (χ2v) is 5.75. The van der Waals surface area contributed by atoms with Crippen molar-refractivity contribution in [2.45, 2.75) is 0 Å². The van der Waals surface area contributed by atoms with E-state index in [-0.39, 0.29) is 0 Å². The third-order valence-corrected chi connectivity index (χ3v) is 4.02. The Bertz CT molecular complexity index is 445. The lowest BCUT2D eigenvalue weighted by Gasteiger charge is -2.34. The summed E-state index contributed by atoms with van der Waals surface area (Å²) < 4.78 is 11.3. The average molecular weight is 319 g/mol. The van der Waals surface area contributed by atoms with Gasteiger partial charge in [-0.2, -0.15) is 0 Å². The summed E-state index contributed by atoms with van der Waals surface area (Å²) in [6, 6.07) is 9.85. The molecule has 1 saturated heterocycles. The fraction of sp³-hybridized carbons (Fsp3) is 0.556. The number of ether oxygens (including phenoxy) is 2. The fourth-order valence-corrected chi connectivity index (χ4v) is 2.55. The predicted molar refractivity (Wildman–Crippen MR) is 93.8 cm³/mol. The van der Waals surface area contributed by atoms with Gasteiger partial charge in [-0.25, -0.2) is 0 Å². The summed E-state index contributed by atoms with van der Waals surface area (Å²) in [4.78, 5) is 4.89. The summed E-state index contributed by atoms with van der Waals surface area (Å²) in [5.41, 5.74) is 1.08. The van der Waals surface area contributed by atoms with Crippen molar-refractivity contribution in [3.05, 3.63) is 42.6 Å². The topological polar surface area (TPSA) is 37.0 Å². The van der Waals surface area contributed by atoms with Crippen LogP contribution in [0, 0.1) is 0 Å². The molecule has 0 saturated carbocycles. The Morgan fingerprint density at radius 2 is 1.74 bits per heavy atom. The minimum Gasteiger partial charge on any atom is -0.491 e. The van der Waals surface area contributed by atoms with Crippen LogP contribution in [0.5, 0.6) is 5.75 Å². The molecule has 1 aromatic carbocycles. The number of nitrogens with zero attached hydrogens (tertiary/aromatic N) is 2. The van der Waals surface area contributed by atoms with Gasteiger partial charge in [0.15, 0.2) is 0 Å². The molecule has 1 aliphatic heterocycles. The van der Waals surface area contributed by atoms with Crippen LogP contribution in [0.25, 0.3) is 0 Å². The van der Waals surface area contributed by atoms with E-state index in [1.165, 1.54) is 0 Å². The first kappa shape index (κ1) is 17.8. The smallest absolute Gasteiger partial charge is 0.119 e. The predicted octanol–water partition coefficient (Wildman–Crippen LogP) is 1.43. The molecular weight excluding hydrogens is 290 g/mol. The molecule has 0 unspecified atom stereocenters. The number of likely N-dealkylation sites (N-methyl/N-ethyl adjacent to an activating group) is 1. The van der Waals surface area contributed by atoms with E-state index in [0.29, 0.717) is 13.2 Å². The molecule has 23 heavy (non-hydrogen) atoms. The summed E-state index contributed by atoms with van der Waals surface area (Å²) in [6.45, 7) is 12.3. The maximum Gasteiger partial charge on any atom is 0.119 e. The zero-order chi connectivity index (χ0) is 16.3. The standard InChI is InChI=1S/C18H29N3O2/c1-17(19-2)16-21-10-8-20(9-11-21)12-13-22-14-15-23-18-6-4-3-5-7-18/h3-7,19H,1,8-16H2,2H3. The first-order chi connectivity index (χ1) is 11.3. The number of hydrogen-bond donors (Lipinski definition) is 1. The van der Waals surface area contributed by atoms with Gasteiger partial charge < -0.3 is 14.8 Å². The van der Waals surface area contributed by atoms with Crippen molar-refractivity contribution in [1.29, 1.82) is 0 Å². The van der Waals surface area contributed by atoms with Gasteiger partial charge in [-0.15, -0.1) is 0 Å². The number of nitrogens with one attached hydrogen (secondary N) is 1. The van der Waals surface area contributed by atoms with Crippen molar-refractivity contribution in [3.63, 3.8) is 0 Å². The van der Waals surface area contributed by atoms with Crippen molar-refractivity contribution in [1.82, 2.24) is 15.1 Å². The third-order valence-electron chi connectivity index (χ3n) is 4.02. The molecule has 0 spiro atoms. The van der Waals surface area contributed by atoms with E-state index in [4.69, 9.17) is 9.47 Å². The molecule has 1 aromatic rings. The lowest BCUT2D eigenvalue weighted by Crippen LogP contribution is -2.48. The molecule has 2 rings (SSSR count). The Morgan fingerprint density at radius 3 is 2.43 bits per heavy atom. The molecular formula is C18H29N3O2. The second kappa shape index (κ2) is 10.3. The SMILES string of the molecule is C=C(CN1CCN(CCOCCOc2ccccc2)CC1)NC. The fourth-order valence-electron chi connectivity index (χ4n) is 2.55. The van der Waals surface area contributed by atoms with E-state index in [2.05, 4.69) is 21.7 Å². The minimum atomic E-state index is 0.601. The molecule has 5 nitrogen and oxygen atoms in total. The van der Waals surface area contributed by atoms with Crippen LogP contribution in [-0.2, 0) is 4.74 Å². The molecule has 0 aliphatic carbocycles. The van der Waals surface area contributed by atoms with Crippen molar-refractivity contribution >= 4 is 0 Å². The minimum absolute atomic E-state index is 0.601. The average Bonchev–Trinajstić information content (AvgIpc) is 2.60. The van der Waals surface area contributed by atoms with Crippen LogP contribution in [0.1, 0.15) is 0 Å². The largest absolute Gasteiger partial charge is 0.491 e. The number of benzene rings is 1. The highest BCUT2D eigenvalue weighted by molar-refractivity contribution is 5.20. The third kappa shape index (κ3) is 7.03. The monoisotopic (exact) mass is 319 g/mol. The normalized spacial score (nSPS) is 16.2. The van der Waals surface area contributed by atoms with Crippen LogP contribution in [0.2, 0.25) is 0 Å². The number of hydrogen-bond acceptors (Lipinski definition) is 5. The Hall–Kier alpha value is -1.56. The van der Waals surface area contributed by atoms with Crippen molar-refractivity contribution < 1.29 is 9.47 Å². The van der Waals surface area contributed by atoms with Crippen LogP contribution < -0.4 is 10.1 Å². The van der Waals surface area contributed by atoms with Crippen molar-refractivity contribution in [2.24, 2.45) is 0 Å². The summed E-state index contributed by atoms with van der Waals surface area (Å²) in [5, 5.41) is 3.11. The van der Waals surface area contributed by atoms with E-state index in [1.54, 1.807) is 0 Å². The molecule has 0 radical (unpaired) electrons. The van der Waals surface area contributed by atoms with Crippen LogP contribution >= 0.6 is 0 Å². The summed E-state index contributed by atoms with van der Waals surface area (Å²) in [7, 11) is 1.93. The first-order valence-corrected chi connectivity index (χ1v) is 8.34. The lowest BCUT2D eigenvalue weighted by molar-refractivity contribution is 0.0631.